The fraction of sp³-hybridized carbons (Fsp3) is 0.333. The van der Waals surface area contributed by atoms with Crippen LogP contribution in [0, 0.1) is 12.8 Å². The van der Waals surface area contributed by atoms with Crippen LogP contribution in [0.15, 0.2) is 22.7 Å². The highest BCUT2D eigenvalue weighted by molar-refractivity contribution is 9.10. The smallest absolute Gasteiger partial charge is 0.227 e. The van der Waals surface area contributed by atoms with Crippen molar-refractivity contribution in [3.8, 4) is 0 Å². The Morgan fingerprint density at radius 1 is 1.53 bits per heavy atom. The van der Waals surface area contributed by atoms with Crippen molar-refractivity contribution in [2.75, 3.05) is 11.4 Å². The van der Waals surface area contributed by atoms with E-state index >= 15 is 0 Å². The normalized spacial score (nSPS) is 19.8. The Morgan fingerprint density at radius 3 is 2.76 bits per heavy atom. The molecule has 1 fully saturated rings. The molecule has 0 aromatic heterocycles. The molecule has 2 rings (SSSR count). The summed E-state index contributed by atoms with van der Waals surface area (Å²) >= 11 is 3.38. The zero-order valence-electron chi connectivity index (χ0n) is 9.27. The van der Waals surface area contributed by atoms with Crippen molar-refractivity contribution in [3.05, 3.63) is 28.2 Å². The van der Waals surface area contributed by atoms with E-state index < -0.39 is 11.9 Å². The van der Waals surface area contributed by atoms with E-state index in [4.69, 9.17) is 0 Å². The Balaban J connectivity index is 2.26. The van der Waals surface area contributed by atoms with Crippen LogP contribution in [0.3, 0.4) is 0 Å². The number of halogens is 1. The Morgan fingerprint density at radius 2 is 2.24 bits per heavy atom. The van der Waals surface area contributed by atoms with Crippen molar-refractivity contribution in [1.82, 2.24) is 0 Å². The quantitative estimate of drug-likeness (QED) is 0.813. The number of aliphatic carboxylic acids is 1. The number of benzene rings is 1. The van der Waals surface area contributed by atoms with Gasteiger partial charge in [-0.15, -0.1) is 0 Å². The summed E-state index contributed by atoms with van der Waals surface area (Å²) < 4.78 is 0.962. The number of hydrogen-bond acceptors (Lipinski definition) is 3. The van der Waals surface area contributed by atoms with Crippen molar-refractivity contribution >= 4 is 33.5 Å². The standard InChI is InChI=1S/C12H12BrNO3/c1-7-4-9(2-3-10(7)13)14-6-8(12(16)17)5-11(14)15/h2-4,8H,5-6H2,1H3,(H,16,17)/p-1/t8-/m1/s1. The third-order valence-corrected chi connectivity index (χ3v) is 3.80. The van der Waals surface area contributed by atoms with Gasteiger partial charge in [0, 0.05) is 35.0 Å². The number of carbonyl (C=O) groups excluding carboxylic acids is 2. The van der Waals surface area contributed by atoms with Crippen LogP contribution in [0.2, 0.25) is 0 Å². The van der Waals surface area contributed by atoms with Gasteiger partial charge < -0.3 is 14.8 Å². The first kappa shape index (κ1) is 12.1. The molecule has 1 aromatic rings. The van der Waals surface area contributed by atoms with Crippen LogP contribution in [0.1, 0.15) is 12.0 Å². The fourth-order valence-corrected chi connectivity index (χ4v) is 2.16. The first-order valence-electron chi connectivity index (χ1n) is 5.26. The first-order chi connectivity index (χ1) is 7.99. The second-order valence-corrected chi connectivity index (χ2v) is 5.01. The average Bonchev–Trinajstić information content (AvgIpc) is 2.65. The third-order valence-electron chi connectivity index (χ3n) is 2.91. The number of hydrogen-bond donors (Lipinski definition) is 0. The number of aryl methyl sites for hydroxylation is 1. The lowest BCUT2D eigenvalue weighted by Crippen LogP contribution is -2.33. The molecule has 90 valence electrons. The molecular weight excluding hydrogens is 286 g/mol. The van der Waals surface area contributed by atoms with Gasteiger partial charge in [-0.1, -0.05) is 15.9 Å². The molecule has 0 N–H and O–H groups in total. The van der Waals surface area contributed by atoms with Crippen molar-refractivity contribution < 1.29 is 14.7 Å². The largest absolute Gasteiger partial charge is 0.550 e. The Hall–Kier alpha value is -1.36. The van der Waals surface area contributed by atoms with Gasteiger partial charge in [0.2, 0.25) is 5.91 Å². The fourth-order valence-electron chi connectivity index (χ4n) is 1.91. The number of anilines is 1. The molecular formula is C12H11BrNO3-. The summed E-state index contributed by atoms with van der Waals surface area (Å²) in [6, 6.07) is 5.51. The van der Waals surface area contributed by atoms with Crippen molar-refractivity contribution in [2.24, 2.45) is 5.92 Å². The molecule has 1 aromatic carbocycles. The number of carbonyl (C=O) groups is 2. The molecule has 1 saturated heterocycles. The summed E-state index contributed by atoms with van der Waals surface area (Å²) in [5.74, 6) is -2.03. The molecule has 1 heterocycles. The van der Waals surface area contributed by atoms with E-state index in [1.54, 1.807) is 6.07 Å². The molecule has 0 bridgehead atoms. The second-order valence-electron chi connectivity index (χ2n) is 4.16. The highest BCUT2D eigenvalue weighted by Crippen LogP contribution is 2.28. The Kier molecular flexibility index (Phi) is 3.19. The SMILES string of the molecule is Cc1cc(N2C[C@H](C(=O)[O-])CC2=O)ccc1Br. The predicted molar refractivity (Wildman–Crippen MR) is 64.3 cm³/mol. The topological polar surface area (TPSA) is 60.4 Å². The Labute approximate surface area is 107 Å². The van der Waals surface area contributed by atoms with Gasteiger partial charge in [0.1, 0.15) is 0 Å². The maximum Gasteiger partial charge on any atom is 0.227 e. The zero-order valence-corrected chi connectivity index (χ0v) is 10.9. The lowest BCUT2D eigenvalue weighted by atomic mass is 10.1. The summed E-state index contributed by atoms with van der Waals surface area (Å²) in [5.41, 5.74) is 1.74. The Bertz CT molecular complexity index is 487. The van der Waals surface area contributed by atoms with Gasteiger partial charge in [0.05, 0.1) is 0 Å². The van der Waals surface area contributed by atoms with E-state index in [1.165, 1.54) is 4.90 Å². The van der Waals surface area contributed by atoms with Crippen LogP contribution in [-0.4, -0.2) is 18.4 Å². The number of carboxylic acid groups (broad SMARTS) is 1. The van der Waals surface area contributed by atoms with Gasteiger partial charge in [-0.2, -0.15) is 0 Å². The van der Waals surface area contributed by atoms with Gasteiger partial charge in [-0.05, 0) is 30.7 Å². The lowest BCUT2D eigenvalue weighted by Gasteiger charge is -2.18. The molecule has 4 nitrogen and oxygen atoms in total. The molecule has 1 aliphatic rings. The molecule has 0 unspecified atom stereocenters. The maximum absolute atomic E-state index is 11.7. The highest BCUT2D eigenvalue weighted by Gasteiger charge is 2.31. The molecule has 1 atom stereocenters. The van der Waals surface area contributed by atoms with Gasteiger partial charge in [-0.3, -0.25) is 4.79 Å². The minimum Gasteiger partial charge on any atom is -0.550 e. The second kappa shape index (κ2) is 4.49. The van der Waals surface area contributed by atoms with Crippen LogP contribution < -0.4 is 10.0 Å². The minimum absolute atomic E-state index is 0.0252. The van der Waals surface area contributed by atoms with Crippen LogP contribution in [0.5, 0.6) is 0 Å². The molecule has 0 saturated carbocycles. The van der Waals surface area contributed by atoms with Crippen molar-refractivity contribution in [3.63, 3.8) is 0 Å². The monoisotopic (exact) mass is 296 g/mol. The van der Waals surface area contributed by atoms with Crippen molar-refractivity contribution in [2.45, 2.75) is 13.3 Å². The summed E-state index contributed by atoms with van der Waals surface area (Å²) in [5, 5.41) is 10.7. The maximum atomic E-state index is 11.7. The summed E-state index contributed by atoms with van der Waals surface area (Å²) in [6.45, 7) is 2.12. The minimum atomic E-state index is -1.16. The molecule has 0 radical (unpaired) electrons. The van der Waals surface area contributed by atoms with Crippen LogP contribution in [-0.2, 0) is 9.59 Å². The van der Waals surface area contributed by atoms with E-state index in [0.29, 0.717) is 0 Å². The van der Waals surface area contributed by atoms with Crippen LogP contribution >= 0.6 is 15.9 Å². The number of amides is 1. The molecule has 17 heavy (non-hydrogen) atoms. The molecule has 1 aliphatic heterocycles. The van der Waals surface area contributed by atoms with Gasteiger partial charge in [-0.25, -0.2) is 0 Å². The number of nitrogens with zero attached hydrogens (tertiary/aromatic N) is 1. The summed E-state index contributed by atoms with van der Waals surface area (Å²) in [4.78, 5) is 24.0. The van der Waals surface area contributed by atoms with E-state index in [9.17, 15) is 14.7 Å². The van der Waals surface area contributed by atoms with Gasteiger partial charge in [0.15, 0.2) is 0 Å². The zero-order chi connectivity index (χ0) is 12.6. The lowest BCUT2D eigenvalue weighted by molar-refractivity contribution is -0.310. The van der Waals surface area contributed by atoms with E-state index in [-0.39, 0.29) is 18.9 Å². The molecule has 1 amide bonds. The van der Waals surface area contributed by atoms with Crippen molar-refractivity contribution in [1.29, 1.82) is 0 Å². The summed E-state index contributed by atoms with van der Waals surface area (Å²) in [6.07, 6.45) is 0.0252. The van der Waals surface area contributed by atoms with E-state index in [2.05, 4.69) is 15.9 Å². The molecule has 0 aliphatic carbocycles. The predicted octanol–water partition coefficient (Wildman–Crippen LogP) is 0.860. The van der Waals surface area contributed by atoms with Gasteiger partial charge >= 0.3 is 0 Å². The third kappa shape index (κ3) is 2.34. The first-order valence-corrected chi connectivity index (χ1v) is 6.05. The van der Waals surface area contributed by atoms with E-state index in [0.717, 1.165) is 15.7 Å². The number of carboxylic acids is 1. The van der Waals surface area contributed by atoms with Crippen LogP contribution in [0.25, 0.3) is 0 Å². The molecule has 5 heteroatoms. The van der Waals surface area contributed by atoms with Crippen LogP contribution in [0.4, 0.5) is 5.69 Å². The average molecular weight is 297 g/mol. The highest BCUT2D eigenvalue weighted by atomic mass is 79.9. The van der Waals surface area contributed by atoms with Gasteiger partial charge in [0.25, 0.3) is 0 Å². The molecule has 0 spiro atoms. The number of rotatable bonds is 2. The van der Waals surface area contributed by atoms with E-state index in [1.807, 2.05) is 19.1 Å². The summed E-state index contributed by atoms with van der Waals surface area (Å²) in [7, 11) is 0.